The molecule has 0 aliphatic heterocycles. The molecule has 1 unspecified atom stereocenters. The Morgan fingerprint density at radius 2 is 1.62 bits per heavy atom. The fourth-order valence-electron chi connectivity index (χ4n) is 3.55. The van der Waals surface area contributed by atoms with E-state index in [-0.39, 0.29) is 6.10 Å². The van der Waals surface area contributed by atoms with Gasteiger partial charge in [-0.25, -0.2) is 10.9 Å². The molecule has 4 nitrogen and oxygen atoms in total. The van der Waals surface area contributed by atoms with E-state index in [0.717, 1.165) is 40.8 Å². The Balaban J connectivity index is 1.49. The summed E-state index contributed by atoms with van der Waals surface area (Å²) >= 11 is 0. The average Bonchev–Trinajstić information content (AvgIpc) is 2.77. The van der Waals surface area contributed by atoms with Gasteiger partial charge in [-0.3, -0.25) is 4.84 Å². The minimum atomic E-state index is -0.0580. The molecule has 2 aromatic carbocycles. The van der Waals surface area contributed by atoms with E-state index in [2.05, 4.69) is 24.0 Å². The number of unbranched alkanes of at least 4 members (excludes halogenated alkanes) is 5. The van der Waals surface area contributed by atoms with Crippen LogP contribution in [0.3, 0.4) is 0 Å². The average molecular weight is 393 g/mol. The lowest BCUT2D eigenvalue weighted by Gasteiger charge is -2.15. The SMILES string of the molecule is CCCCCCCCC(ON)c1ccc(OCc2ccc3ccccc3n2)cc1. The summed E-state index contributed by atoms with van der Waals surface area (Å²) < 4.78 is 5.91. The van der Waals surface area contributed by atoms with Crippen LogP contribution in [0, 0.1) is 0 Å². The zero-order chi connectivity index (χ0) is 20.3. The molecule has 154 valence electrons. The summed E-state index contributed by atoms with van der Waals surface area (Å²) in [6, 6.07) is 20.2. The predicted octanol–water partition coefficient (Wildman–Crippen LogP) is 6.50. The molecule has 3 rings (SSSR count). The minimum Gasteiger partial charge on any atom is -0.487 e. The summed E-state index contributed by atoms with van der Waals surface area (Å²) in [5, 5.41) is 1.14. The number of nitrogens with two attached hydrogens (primary N) is 1. The van der Waals surface area contributed by atoms with Crippen molar-refractivity contribution in [1.82, 2.24) is 4.98 Å². The molecule has 0 aliphatic carbocycles. The lowest BCUT2D eigenvalue weighted by molar-refractivity contribution is 0.0445. The van der Waals surface area contributed by atoms with Gasteiger partial charge in [-0.2, -0.15) is 0 Å². The molecule has 0 amide bonds. The number of nitrogens with zero attached hydrogens (tertiary/aromatic N) is 1. The molecule has 0 aliphatic rings. The van der Waals surface area contributed by atoms with Crippen molar-refractivity contribution in [2.24, 2.45) is 5.90 Å². The highest BCUT2D eigenvalue weighted by atomic mass is 16.6. The standard InChI is InChI=1S/C25H32N2O2/c1-2-3-4-5-6-7-12-25(29-26)21-14-17-23(18-15-21)28-19-22-16-13-20-10-8-9-11-24(20)27-22/h8-11,13-18,25H,2-7,12,19,26H2,1H3. The molecule has 0 saturated heterocycles. The third-order valence-electron chi connectivity index (χ3n) is 5.28. The highest BCUT2D eigenvalue weighted by molar-refractivity contribution is 5.78. The number of aromatic nitrogens is 1. The van der Waals surface area contributed by atoms with E-state index in [1.54, 1.807) is 0 Å². The van der Waals surface area contributed by atoms with E-state index >= 15 is 0 Å². The summed E-state index contributed by atoms with van der Waals surface area (Å²) in [6.45, 7) is 2.68. The van der Waals surface area contributed by atoms with Gasteiger partial charge in [-0.05, 0) is 36.2 Å². The number of hydrogen-bond donors (Lipinski definition) is 1. The van der Waals surface area contributed by atoms with Gasteiger partial charge < -0.3 is 4.74 Å². The van der Waals surface area contributed by atoms with Gasteiger partial charge >= 0.3 is 0 Å². The van der Waals surface area contributed by atoms with Crippen molar-refractivity contribution in [1.29, 1.82) is 0 Å². The number of pyridine rings is 1. The normalized spacial score (nSPS) is 12.2. The molecule has 1 aromatic heterocycles. The van der Waals surface area contributed by atoms with Crippen LogP contribution in [0.4, 0.5) is 0 Å². The Kier molecular flexibility index (Phi) is 8.47. The molecular formula is C25H32N2O2. The Morgan fingerprint density at radius 1 is 0.862 bits per heavy atom. The fourth-order valence-corrected chi connectivity index (χ4v) is 3.55. The Morgan fingerprint density at radius 3 is 2.41 bits per heavy atom. The monoisotopic (exact) mass is 392 g/mol. The Hall–Kier alpha value is -2.43. The van der Waals surface area contributed by atoms with E-state index in [9.17, 15) is 0 Å². The lowest BCUT2D eigenvalue weighted by Crippen LogP contribution is -2.09. The van der Waals surface area contributed by atoms with Crippen LogP contribution in [0.1, 0.15) is 69.2 Å². The zero-order valence-corrected chi connectivity index (χ0v) is 17.3. The molecule has 0 spiro atoms. The van der Waals surface area contributed by atoms with Crippen LogP contribution in [-0.2, 0) is 11.4 Å². The van der Waals surface area contributed by atoms with Crippen LogP contribution in [0.5, 0.6) is 5.75 Å². The summed E-state index contributed by atoms with van der Waals surface area (Å²) in [7, 11) is 0. The molecule has 29 heavy (non-hydrogen) atoms. The summed E-state index contributed by atoms with van der Waals surface area (Å²) in [5.74, 6) is 6.36. The van der Waals surface area contributed by atoms with Gasteiger partial charge in [0.25, 0.3) is 0 Å². The molecule has 2 N–H and O–H groups in total. The molecule has 0 bridgehead atoms. The van der Waals surface area contributed by atoms with Gasteiger partial charge in [0.2, 0.25) is 0 Å². The van der Waals surface area contributed by atoms with Crippen LogP contribution in [0.15, 0.2) is 60.7 Å². The first kappa shape index (κ1) is 21.3. The van der Waals surface area contributed by atoms with Crippen LogP contribution in [0.25, 0.3) is 10.9 Å². The Bertz CT molecular complexity index is 864. The van der Waals surface area contributed by atoms with Crippen molar-refractivity contribution in [3.63, 3.8) is 0 Å². The van der Waals surface area contributed by atoms with E-state index in [4.69, 9.17) is 15.5 Å². The highest BCUT2D eigenvalue weighted by Crippen LogP contribution is 2.25. The zero-order valence-electron chi connectivity index (χ0n) is 17.3. The topological polar surface area (TPSA) is 57.4 Å². The molecule has 0 saturated carbocycles. The quantitative estimate of drug-likeness (QED) is 0.282. The second-order valence-corrected chi connectivity index (χ2v) is 7.53. The van der Waals surface area contributed by atoms with Crippen LogP contribution < -0.4 is 10.6 Å². The Labute approximate surface area is 174 Å². The first-order valence-corrected chi connectivity index (χ1v) is 10.7. The van der Waals surface area contributed by atoms with Gasteiger partial charge in [0.1, 0.15) is 18.5 Å². The number of para-hydroxylation sites is 1. The smallest absolute Gasteiger partial charge is 0.130 e. The second kappa shape index (κ2) is 11.5. The molecule has 3 aromatic rings. The third kappa shape index (κ3) is 6.55. The first-order chi connectivity index (χ1) is 14.3. The summed E-state index contributed by atoms with van der Waals surface area (Å²) in [4.78, 5) is 9.87. The molecule has 4 heteroatoms. The van der Waals surface area contributed by atoms with Crippen molar-refractivity contribution in [2.75, 3.05) is 0 Å². The van der Waals surface area contributed by atoms with Gasteiger partial charge in [0.05, 0.1) is 11.2 Å². The molecule has 1 atom stereocenters. The number of ether oxygens (including phenoxy) is 1. The number of rotatable bonds is 12. The maximum absolute atomic E-state index is 5.91. The van der Waals surface area contributed by atoms with Gasteiger partial charge in [0.15, 0.2) is 0 Å². The number of fused-ring (bicyclic) bond motifs is 1. The number of benzene rings is 2. The molecule has 0 radical (unpaired) electrons. The molecule has 0 fully saturated rings. The maximum atomic E-state index is 5.91. The van der Waals surface area contributed by atoms with E-state index in [1.807, 2.05) is 48.5 Å². The van der Waals surface area contributed by atoms with E-state index < -0.39 is 0 Å². The highest BCUT2D eigenvalue weighted by Gasteiger charge is 2.11. The molecule has 1 heterocycles. The van der Waals surface area contributed by atoms with Crippen molar-refractivity contribution < 1.29 is 9.57 Å². The lowest BCUT2D eigenvalue weighted by atomic mass is 10.0. The summed E-state index contributed by atoms with van der Waals surface area (Å²) in [5.41, 5.74) is 3.00. The van der Waals surface area contributed by atoms with E-state index in [0.29, 0.717) is 6.61 Å². The largest absolute Gasteiger partial charge is 0.487 e. The van der Waals surface area contributed by atoms with Crippen molar-refractivity contribution >= 4 is 10.9 Å². The maximum Gasteiger partial charge on any atom is 0.130 e. The predicted molar refractivity (Wildman–Crippen MR) is 119 cm³/mol. The van der Waals surface area contributed by atoms with Crippen molar-refractivity contribution in [3.8, 4) is 5.75 Å². The minimum absolute atomic E-state index is 0.0580. The molecular weight excluding hydrogens is 360 g/mol. The second-order valence-electron chi connectivity index (χ2n) is 7.53. The van der Waals surface area contributed by atoms with Crippen LogP contribution in [-0.4, -0.2) is 4.98 Å². The van der Waals surface area contributed by atoms with E-state index in [1.165, 1.54) is 32.1 Å². The third-order valence-corrected chi connectivity index (χ3v) is 5.28. The number of hydrogen-bond acceptors (Lipinski definition) is 4. The van der Waals surface area contributed by atoms with Gasteiger partial charge in [-0.1, -0.05) is 81.8 Å². The van der Waals surface area contributed by atoms with Crippen LogP contribution in [0.2, 0.25) is 0 Å². The van der Waals surface area contributed by atoms with Gasteiger partial charge in [0, 0.05) is 5.39 Å². The fraction of sp³-hybridized carbons (Fsp3) is 0.400. The van der Waals surface area contributed by atoms with Crippen molar-refractivity contribution in [3.05, 3.63) is 71.9 Å². The van der Waals surface area contributed by atoms with Crippen LogP contribution >= 0.6 is 0 Å². The summed E-state index contributed by atoms with van der Waals surface area (Å²) in [6.07, 6.45) is 8.48. The van der Waals surface area contributed by atoms with Crippen molar-refractivity contribution in [2.45, 2.75) is 64.6 Å². The van der Waals surface area contributed by atoms with Gasteiger partial charge in [-0.15, -0.1) is 0 Å². The first-order valence-electron chi connectivity index (χ1n) is 10.7.